The van der Waals surface area contributed by atoms with Gasteiger partial charge in [-0.1, -0.05) is 55.7 Å². The molecule has 0 N–H and O–H groups in total. The molecule has 174 valence electrons. The highest BCUT2D eigenvalue weighted by molar-refractivity contribution is 6.22. The summed E-state index contributed by atoms with van der Waals surface area (Å²) in [5, 5.41) is 3.86. The summed E-state index contributed by atoms with van der Waals surface area (Å²) < 4.78 is 16.8. The molecule has 1 heterocycles. The van der Waals surface area contributed by atoms with Gasteiger partial charge < -0.3 is 4.57 Å². The highest BCUT2D eigenvalue weighted by atomic mass is 19.1. The third-order valence-corrected chi connectivity index (χ3v) is 7.57. The fraction of sp³-hybridized carbons (Fsp3) is 0.226. The first-order valence-electron chi connectivity index (χ1n) is 12.4. The van der Waals surface area contributed by atoms with Crippen molar-refractivity contribution in [3.05, 3.63) is 95.3 Å². The number of hydrogen-bond acceptors (Lipinski definition) is 2. The largest absolute Gasteiger partial charge is 0.340 e. The van der Waals surface area contributed by atoms with Crippen LogP contribution in [0.3, 0.4) is 0 Å². The number of ketones is 1. The molecule has 0 radical (unpaired) electrons. The maximum Gasteiger partial charge on any atom is 0.195 e. The second-order valence-corrected chi connectivity index (χ2v) is 9.68. The van der Waals surface area contributed by atoms with E-state index in [1.165, 1.54) is 44.2 Å². The Hall–Kier alpha value is -3.79. The summed E-state index contributed by atoms with van der Waals surface area (Å²) in [4.78, 5) is 25.2. The third kappa shape index (κ3) is 3.65. The van der Waals surface area contributed by atoms with Crippen molar-refractivity contribution in [2.45, 2.75) is 38.6 Å². The van der Waals surface area contributed by atoms with Crippen molar-refractivity contribution in [1.82, 2.24) is 4.57 Å². The van der Waals surface area contributed by atoms with Gasteiger partial charge in [0.15, 0.2) is 12.1 Å². The SMILES string of the molecule is O=Cc1cc2c3cc(C(=O)c4ccccc4F)ccc3n(CC3CCCCC3)c2c2ccccc12. The molecular formula is C31H26FNO2. The van der Waals surface area contributed by atoms with E-state index in [1.54, 1.807) is 18.2 Å². The van der Waals surface area contributed by atoms with Crippen LogP contribution >= 0.6 is 0 Å². The minimum Gasteiger partial charge on any atom is -0.340 e. The van der Waals surface area contributed by atoms with Crippen LogP contribution in [0.2, 0.25) is 0 Å². The molecular weight excluding hydrogens is 437 g/mol. The van der Waals surface area contributed by atoms with Crippen molar-refractivity contribution in [2.24, 2.45) is 5.92 Å². The second kappa shape index (κ2) is 8.77. The molecule has 4 aromatic carbocycles. The van der Waals surface area contributed by atoms with Gasteiger partial charge in [-0.05, 0) is 60.5 Å². The molecule has 0 bridgehead atoms. The van der Waals surface area contributed by atoms with E-state index in [0.29, 0.717) is 17.0 Å². The summed E-state index contributed by atoms with van der Waals surface area (Å²) in [5.41, 5.74) is 3.29. The lowest BCUT2D eigenvalue weighted by Crippen LogP contribution is -2.14. The van der Waals surface area contributed by atoms with Crippen LogP contribution in [-0.4, -0.2) is 16.6 Å². The quantitative estimate of drug-likeness (QED) is 0.198. The lowest BCUT2D eigenvalue weighted by atomic mass is 9.89. The zero-order chi connectivity index (χ0) is 23.9. The van der Waals surface area contributed by atoms with Crippen molar-refractivity contribution >= 4 is 44.6 Å². The van der Waals surface area contributed by atoms with Gasteiger partial charge in [0.1, 0.15) is 5.82 Å². The Morgan fingerprint density at radius 2 is 1.60 bits per heavy atom. The highest BCUT2D eigenvalue weighted by Crippen LogP contribution is 2.38. The fourth-order valence-corrected chi connectivity index (χ4v) is 5.85. The van der Waals surface area contributed by atoms with Crippen molar-refractivity contribution < 1.29 is 14.0 Å². The molecule has 0 amide bonds. The number of nitrogens with zero attached hydrogens (tertiary/aromatic N) is 1. The first kappa shape index (κ1) is 21.7. The molecule has 5 aromatic rings. The van der Waals surface area contributed by atoms with Gasteiger partial charge in [0.25, 0.3) is 0 Å². The third-order valence-electron chi connectivity index (χ3n) is 7.57. The Kier molecular flexibility index (Phi) is 5.44. The van der Waals surface area contributed by atoms with Crippen molar-refractivity contribution in [2.75, 3.05) is 0 Å². The Bertz CT molecular complexity index is 1610. The molecule has 0 saturated heterocycles. The van der Waals surface area contributed by atoms with E-state index in [1.807, 2.05) is 36.4 Å². The summed E-state index contributed by atoms with van der Waals surface area (Å²) in [6.07, 6.45) is 7.17. The van der Waals surface area contributed by atoms with Crippen LogP contribution in [0.1, 0.15) is 58.4 Å². The number of rotatable bonds is 5. The summed E-state index contributed by atoms with van der Waals surface area (Å²) in [7, 11) is 0. The van der Waals surface area contributed by atoms with E-state index in [4.69, 9.17) is 0 Å². The average molecular weight is 464 g/mol. The first-order chi connectivity index (χ1) is 17.2. The predicted octanol–water partition coefficient (Wildman–Crippen LogP) is 7.71. The standard InChI is InChI=1S/C31H26FNO2/c32-28-13-7-6-12-25(28)31(35)21-14-15-29-26(16-21)27-17-22(19-34)23-10-4-5-11-24(23)30(27)33(29)18-20-8-2-1-3-9-20/h4-7,10-17,19-20H,1-3,8-9,18H2. The topological polar surface area (TPSA) is 39.1 Å². The van der Waals surface area contributed by atoms with E-state index in [2.05, 4.69) is 10.6 Å². The van der Waals surface area contributed by atoms with Crippen LogP contribution in [0, 0.1) is 11.7 Å². The molecule has 1 saturated carbocycles. The summed E-state index contributed by atoms with van der Waals surface area (Å²) in [6, 6.07) is 21.7. The van der Waals surface area contributed by atoms with E-state index >= 15 is 0 Å². The van der Waals surface area contributed by atoms with E-state index in [-0.39, 0.29) is 11.3 Å². The number of aromatic nitrogens is 1. The van der Waals surface area contributed by atoms with Crippen molar-refractivity contribution in [3.63, 3.8) is 0 Å². The molecule has 35 heavy (non-hydrogen) atoms. The molecule has 1 aliphatic rings. The zero-order valence-electron chi connectivity index (χ0n) is 19.5. The van der Waals surface area contributed by atoms with Crippen LogP contribution in [0.15, 0.2) is 72.8 Å². The van der Waals surface area contributed by atoms with Gasteiger partial charge in [0.2, 0.25) is 0 Å². The normalized spacial score (nSPS) is 14.7. The van der Waals surface area contributed by atoms with E-state index in [9.17, 15) is 14.0 Å². The minimum absolute atomic E-state index is 0.0665. The number of benzene rings is 4. The Labute approximate surface area is 203 Å². The van der Waals surface area contributed by atoms with E-state index in [0.717, 1.165) is 45.4 Å². The van der Waals surface area contributed by atoms with Crippen LogP contribution in [0.5, 0.6) is 0 Å². The highest BCUT2D eigenvalue weighted by Gasteiger charge is 2.22. The first-order valence-corrected chi connectivity index (χ1v) is 12.4. The lowest BCUT2D eigenvalue weighted by molar-refractivity contribution is 0.103. The molecule has 0 spiro atoms. The lowest BCUT2D eigenvalue weighted by Gasteiger charge is -2.23. The summed E-state index contributed by atoms with van der Waals surface area (Å²) in [6.45, 7) is 0.908. The van der Waals surface area contributed by atoms with Crippen molar-refractivity contribution in [3.8, 4) is 0 Å². The molecule has 1 aliphatic carbocycles. The minimum atomic E-state index is -0.522. The van der Waals surface area contributed by atoms with Crippen LogP contribution in [0.4, 0.5) is 4.39 Å². The Balaban J connectivity index is 1.62. The number of carbonyl (C=O) groups excluding carboxylic acids is 2. The van der Waals surface area contributed by atoms with Crippen LogP contribution in [0.25, 0.3) is 32.6 Å². The van der Waals surface area contributed by atoms with E-state index < -0.39 is 5.82 Å². The number of fused-ring (bicyclic) bond motifs is 5. The average Bonchev–Trinajstić information content (AvgIpc) is 3.21. The smallest absolute Gasteiger partial charge is 0.195 e. The summed E-state index contributed by atoms with van der Waals surface area (Å²) >= 11 is 0. The van der Waals surface area contributed by atoms with Crippen molar-refractivity contribution in [1.29, 1.82) is 0 Å². The molecule has 0 unspecified atom stereocenters. The molecule has 0 atom stereocenters. The maximum absolute atomic E-state index is 14.4. The number of halogens is 1. The summed E-state index contributed by atoms with van der Waals surface area (Å²) in [5.74, 6) is -0.257. The molecule has 0 aliphatic heterocycles. The van der Waals surface area contributed by atoms with Gasteiger partial charge in [0.05, 0.1) is 11.1 Å². The van der Waals surface area contributed by atoms with Gasteiger partial charge in [-0.3, -0.25) is 9.59 Å². The Morgan fingerprint density at radius 3 is 2.37 bits per heavy atom. The van der Waals surface area contributed by atoms with Gasteiger partial charge in [-0.25, -0.2) is 4.39 Å². The zero-order valence-corrected chi connectivity index (χ0v) is 19.5. The van der Waals surface area contributed by atoms with Gasteiger partial charge in [-0.15, -0.1) is 0 Å². The second-order valence-electron chi connectivity index (χ2n) is 9.68. The van der Waals surface area contributed by atoms with Gasteiger partial charge >= 0.3 is 0 Å². The monoisotopic (exact) mass is 463 g/mol. The molecule has 1 aromatic heterocycles. The molecule has 4 heteroatoms. The molecule has 1 fully saturated rings. The number of hydrogen-bond donors (Lipinski definition) is 0. The van der Waals surface area contributed by atoms with Crippen LogP contribution < -0.4 is 0 Å². The Morgan fingerprint density at radius 1 is 0.857 bits per heavy atom. The fourth-order valence-electron chi connectivity index (χ4n) is 5.85. The molecule has 3 nitrogen and oxygen atoms in total. The molecule has 6 rings (SSSR count). The number of aldehydes is 1. The number of carbonyl (C=O) groups is 2. The van der Waals surface area contributed by atoms with Gasteiger partial charge in [0, 0.05) is 39.3 Å². The van der Waals surface area contributed by atoms with Gasteiger partial charge in [-0.2, -0.15) is 0 Å². The van der Waals surface area contributed by atoms with Crippen LogP contribution in [-0.2, 0) is 6.54 Å². The predicted molar refractivity (Wildman–Crippen MR) is 139 cm³/mol. The maximum atomic E-state index is 14.4.